The van der Waals surface area contributed by atoms with Gasteiger partial charge in [-0.05, 0) is 25.9 Å². The average Bonchev–Trinajstić information content (AvgIpc) is 2.45. The van der Waals surface area contributed by atoms with Crippen LogP contribution in [0.3, 0.4) is 0 Å². The largest absolute Gasteiger partial charge is 0.334 e. The molecule has 0 aliphatic carbocycles. The van der Waals surface area contributed by atoms with Gasteiger partial charge >= 0.3 is 6.03 Å². The zero-order valence-electron chi connectivity index (χ0n) is 12.3. The fraction of sp³-hybridized carbons (Fsp3) is 0.714. The summed E-state index contributed by atoms with van der Waals surface area (Å²) in [6, 6.07) is -0.0205. The third-order valence-electron chi connectivity index (χ3n) is 3.37. The molecule has 1 atom stereocenters. The van der Waals surface area contributed by atoms with Gasteiger partial charge in [0.25, 0.3) is 0 Å². The normalized spacial score (nSPS) is 18.6. The predicted octanol–water partition coefficient (Wildman–Crippen LogP) is 0.462. The van der Waals surface area contributed by atoms with Gasteiger partial charge < -0.3 is 10.6 Å². The number of imide groups is 1. The first-order valence-electron chi connectivity index (χ1n) is 7.30. The number of amides is 3. The van der Waals surface area contributed by atoms with Gasteiger partial charge in [0.2, 0.25) is 5.91 Å². The molecule has 1 heterocycles. The van der Waals surface area contributed by atoms with E-state index in [-0.39, 0.29) is 12.5 Å². The van der Waals surface area contributed by atoms with Gasteiger partial charge in [-0.1, -0.05) is 19.4 Å². The Morgan fingerprint density at radius 3 is 2.85 bits per heavy atom. The summed E-state index contributed by atoms with van der Waals surface area (Å²) in [6.07, 6.45) is 5.19. The minimum Gasteiger partial charge on any atom is -0.334 e. The van der Waals surface area contributed by atoms with Crippen LogP contribution in [-0.4, -0.2) is 55.6 Å². The van der Waals surface area contributed by atoms with Gasteiger partial charge in [0.15, 0.2) is 0 Å². The highest BCUT2D eigenvalue weighted by Gasteiger charge is 2.18. The number of urea groups is 1. The fourth-order valence-corrected chi connectivity index (χ4v) is 2.28. The summed E-state index contributed by atoms with van der Waals surface area (Å²) in [4.78, 5) is 25.2. The lowest BCUT2D eigenvalue weighted by atomic mass is 10.0. The van der Waals surface area contributed by atoms with Crippen molar-refractivity contribution in [2.45, 2.75) is 32.2 Å². The molecule has 1 saturated heterocycles. The first-order valence-corrected chi connectivity index (χ1v) is 7.30. The van der Waals surface area contributed by atoms with E-state index >= 15 is 0 Å². The van der Waals surface area contributed by atoms with Crippen molar-refractivity contribution >= 4 is 11.9 Å². The zero-order chi connectivity index (χ0) is 14.8. The Bertz CT molecular complexity index is 327. The number of hydrogen-bond acceptors (Lipinski definition) is 4. The van der Waals surface area contributed by atoms with E-state index in [9.17, 15) is 9.59 Å². The summed E-state index contributed by atoms with van der Waals surface area (Å²) in [6.45, 7) is 8.80. The van der Waals surface area contributed by atoms with Crippen LogP contribution < -0.4 is 16.0 Å². The molecule has 6 nitrogen and oxygen atoms in total. The number of carbonyl (C=O) groups is 2. The predicted molar refractivity (Wildman–Crippen MR) is 79.5 cm³/mol. The molecule has 3 amide bonds. The molecular formula is C14H26N4O2. The molecule has 1 aliphatic rings. The molecule has 3 N–H and O–H groups in total. The van der Waals surface area contributed by atoms with E-state index in [0.717, 1.165) is 26.1 Å². The lowest BCUT2D eigenvalue weighted by molar-refractivity contribution is -0.121. The maximum absolute atomic E-state index is 11.8. The van der Waals surface area contributed by atoms with Gasteiger partial charge in [0, 0.05) is 19.1 Å². The molecule has 1 aliphatic heterocycles. The Morgan fingerprint density at radius 2 is 2.25 bits per heavy atom. The van der Waals surface area contributed by atoms with Gasteiger partial charge in [-0.15, -0.1) is 6.58 Å². The second-order valence-electron chi connectivity index (χ2n) is 5.02. The van der Waals surface area contributed by atoms with Gasteiger partial charge in [0.05, 0.1) is 6.54 Å². The third-order valence-corrected chi connectivity index (χ3v) is 3.37. The maximum Gasteiger partial charge on any atom is 0.321 e. The molecule has 0 radical (unpaired) electrons. The highest BCUT2D eigenvalue weighted by atomic mass is 16.2. The van der Waals surface area contributed by atoms with E-state index in [1.807, 2.05) is 6.92 Å². The second kappa shape index (κ2) is 9.50. The second-order valence-corrected chi connectivity index (χ2v) is 5.02. The van der Waals surface area contributed by atoms with Crippen LogP contribution in [0.25, 0.3) is 0 Å². The Balaban J connectivity index is 2.29. The van der Waals surface area contributed by atoms with E-state index in [1.54, 1.807) is 6.08 Å². The monoisotopic (exact) mass is 282 g/mol. The minimum atomic E-state index is -0.471. The van der Waals surface area contributed by atoms with Crippen molar-refractivity contribution < 1.29 is 9.59 Å². The Hall–Kier alpha value is -1.40. The fourth-order valence-electron chi connectivity index (χ4n) is 2.28. The molecule has 1 unspecified atom stereocenters. The third kappa shape index (κ3) is 6.68. The quantitative estimate of drug-likeness (QED) is 0.593. The number of carbonyl (C=O) groups excluding carboxylic acids is 2. The van der Waals surface area contributed by atoms with Crippen LogP contribution in [0.1, 0.15) is 26.2 Å². The molecule has 0 spiro atoms. The average molecular weight is 282 g/mol. The maximum atomic E-state index is 11.8. The minimum absolute atomic E-state index is 0.246. The smallest absolute Gasteiger partial charge is 0.321 e. The lowest BCUT2D eigenvalue weighted by Gasteiger charge is -2.29. The van der Waals surface area contributed by atoms with Gasteiger partial charge in [0.1, 0.15) is 0 Å². The zero-order valence-corrected chi connectivity index (χ0v) is 12.3. The van der Waals surface area contributed by atoms with Crippen molar-refractivity contribution in [2.24, 2.45) is 0 Å². The topological polar surface area (TPSA) is 73.5 Å². The summed E-state index contributed by atoms with van der Waals surface area (Å²) in [5.74, 6) is -0.274. The molecule has 1 rings (SSSR count). The van der Waals surface area contributed by atoms with Gasteiger partial charge in [-0.3, -0.25) is 15.0 Å². The van der Waals surface area contributed by atoms with E-state index in [1.165, 1.54) is 12.8 Å². The molecule has 0 bridgehead atoms. The molecule has 6 heteroatoms. The van der Waals surface area contributed by atoms with Gasteiger partial charge in [-0.25, -0.2) is 4.79 Å². The highest BCUT2D eigenvalue weighted by Crippen LogP contribution is 2.08. The SMILES string of the molecule is C=CCNC(=O)NC(=O)CN(CC)CC1CCCCN1. The number of rotatable bonds is 7. The van der Waals surface area contributed by atoms with Crippen LogP contribution in [0.4, 0.5) is 4.79 Å². The summed E-state index contributed by atoms with van der Waals surface area (Å²) < 4.78 is 0. The van der Waals surface area contributed by atoms with Gasteiger partial charge in [-0.2, -0.15) is 0 Å². The van der Waals surface area contributed by atoms with E-state index in [2.05, 4.69) is 27.4 Å². The van der Waals surface area contributed by atoms with E-state index in [4.69, 9.17) is 0 Å². The Labute approximate surface area is 121 Å². The van der Waals surface area contributed by atoms with Crippen molar-refractivity contribution in [1.82, 2.24) is 20.9 Å². The van der Waals surface area contributed by atoms with Crippen LogP contribution in [0.15, 0.2) is 12.7 Å². The summed E-state index contributed by atoms with van der Waals surface area (Å²) in [7, 11) is 0. The van der Waals surface area contributed by atoms with Crippen LogP contribution >= 0.6 is 0 Å². The molecule has 0 saturated carbocycles. The van der Waals surface area contributed by atoms with Crippen LogP contribution in [0, 0.1) is 0 Å². The molecule has 1 fully saturated rings. The van der Waals surface area contributed by atoms with Crippen molar-refractivity contribution in [3.8, 4) is 0 Å². The summed E-state index contributed by atoms with van der Waals surface area (Å²) >= 11 is 0. The number of nitrogens with zero attached hydrogens (tertiary/aromatic N) is 1. The van der Waals surface area contributed by atoms with E-state index < -0.39 is 6.03 Å². The first kappa shape index (κ1) is 16.7. The first-order chi connectivity index (χ1) is 9.65. The van der Waals surface area contributed by atoms with Crippen molar-refractivity contribution in [3.63, 3.8) is 0 Å². The Morgan fingerprint density at radius 1 is 1.45 bits per heavy atom. The number of likely N-dealkylation sites (N-methyl/N-ethyl adjacent to an activating group) is 1. The lowest BCUT2D eigenvalue weighted by Crippen LogP contribution is -2.48. The summed E-state index contributed by atoms with van der Waals surface area (Å²) in [5, 5.41) is 8.30. The molecule has 0 aromatic heterocycles. The van der Waals surface area contributed by atoms with Crippen molar-refractivity contribution in [3.05, 3.63) is 12.7 Å². The van der Waals surface area contributed by atoms with Crippen molar-refractivity contribution in [2.75, 3.05) is 32.7 Å². The molecule has 20 heavy (non-hydrogen) atoms. The summed E-state index contributed by atoms with van der Waals surface area (Å²) in [5.41, 5.74) is 0. The number of nitrogens with one attached hydrogen (secondary N) is 3. The van der Waals surface area contributed by atoms with Crippen molar-refractivity contribution in [1.29, 1.82) is 0 Å². The molecule has 114 valence electrons. The number of hydrogen-bond donors (Lipinski definition) is 3. The van der Waals surface area contributed by atoms with Crippen LogP contribution in [-0.2, 0) is 4.79 Å². The highest BCUT2D eigenvalue weighted by molar-refractivity contribution is 5.95. The van der Waals surface area contributed by atoms with E-state index in [0.29, 0.717) is 12.6 Å². The Kier molecular flexibility index (Phi) is 7.91. The molecule has 0 aromatic carbocycles. The van der Waals surface area contributed by atoms with Crippen LogP contribution in [0.5, 0.6) is 0 Å². The standard InChI is InChI=1S/C14H26N4O2/c1-3-8-16-14(20)17-13(19)11-18(4-2)10-12-7-5-6-9-15-12/h3,12,15H,1,4-11H2,2H3,(H2,16,17,19,20). The molecule has 0 aromatic rings. The molecular weight excluding hydrogens is 256 g/mol. The number of piperidine rings is 1. The van der Waals surface area contributed by atoms with Crippen LogP contribution in [0.2, 0.25) is 0 Å².